The Hall–Kier alpha value is -3.42. The van der Waals surface area contributed by atoms with Gasteiger partial charge in [-0.25, -0.2) is 4.68 Å². The summed E-state index contributed by atoms with van der Waals surface area (Å²) in [6, 6.07) is 7.98. The summed E-state index contributed by atoms with van der Waals surface area (Å²) in [5.41, 5.74) is 4.22. The van der Waals surface area contributed by atoms with Gasteiger partial charge in [-0.3, -0.25) is 14.3 Å². The number of hydrogen-bond donors (Lipinski definition) is 1. The molecule has 8 nitrogen and oxygen atoms in total. The van der Waals surface area contributed by atoms with E-state index in [0.29, 0.717) is 37.2 Å². The highest BCUT2D eigenvalue weighted by Gasteiger charge is 2.29. The van der Waals surface area contributed by atoms with Crippen molar-refractivity contribution in [2.24, 2.45) is 5.92 Å². The van der Waals surface area contributed by atoms with Crippen molar-refractivity contribution >= 4 is 17.5 Å². The van der Waals surface area contributed by atoms with Crippen LogP contribution < -0.4 is 5.32 Å². The second kappa shape index (κ2) is 8.75. The minimum Gasteiger partial charge on any atom is -0.338 e. The summed E-state index contributed by atoms with van der Waals surface area (Å²) in [7, 11) is 0. The second-order valence-electron chi connectivity index (χ2n) is 7.98. The quantitative estimate of drug-likeness (QED) is 0.687. The third-order valence-corrected chi connectivity index (χ3v) is 5.96. The monoisotopic (exact) mass is 420 g/mol. The number of aryl methyl sites for hydroxylation is 2. The normalized spacial score (nSPS) is 14.6. The first-order chi connectivity index (χ1) is 15.0. The van der Waals surface area contributed by atoms with Gasteiger partial charge in [-0.05, 0) is 45.2 Å². The average Bonchev–Trinajstić information content (AvgIpc) is 3.40. The van der Waals surface area contributed by atoms with Gasteiger partial charge in [-0.2, -0.15) is 10.2 Å². The number of para-hydroxylation sites is 1. The number of nitrogens with zero attached hydrogens (tertiary/aromatic N) is 5. The fourth-order valence-electron chi connectivity index (χ4n) is 4.02. The number of aromatic nitrogens is 4. The molecular weight excluding hydrogens is 392 g/mol. The number of likely N-dealkylation sites (tertiary alicyclic amines) is 1. The topological polar surface area (TPSA) is 85.0 Å². The summed E-state index contributed by atoms with van der Waals surface area (Å²) in [5.74, 6) is -0.142. The molecule has 0 unspecified atom stereocenters. The molecule has 2 aromatic heterocycles. The lowest BCUT2D eigenvalue weighted by Crippen LogP contribution is -2.41. The van der Waals surface area contributed by atoms with E-state index >= 15 is 0 Å². The number of piperidine rings is 1. The van der Waals surface area contributed by atoms with E-state index in [-0.39, 0.29) is 17.7 Å². The van der Waals surface area contributed by atoms with E-state index in [1.165, 1.54) is 0 Å². The summed E-state index contributed by atoms with van der Waals surface area (Å²) < 4.78 is 3.59. The van der Waals surface area contributed by atoms with Crippen molar-refractivity contribution in [3.63, 3.8) is 0 Å². The third-order valence-electron chi connectivity index (χ3n) is 5.96. The van der Waals surface area contributed by atoms with Crippen LogP contribution in [0.15, 0.2) is 42.9 Å². The van der Waals surface area contributed by atoms with E-state index < -0.39 is 0 Å². The number of nitrogens with one attached hydrogen (secondary N) is 1. The Morgan fingerprint density at radius 1 is 1.10 bits per heavy atom. The lowest BCUT2D eigenvalue weighted by Gasteiger charge is -2.31. The van der Waals surface area contributed by atoms with Crippen LogP contribution in [0.3, 0.4) is 0 Å². The summed E-state index contributed by atoms with van der Waals surface area (Å²) in [6.45, 7) is 7.82. The molecule has 0 bridgehead atoms. The summed E-state index contributed by atoms with van der Waals surface area (Å²) >= 11 is 0. The Morgan fingerprint density at radius 3 is 2.52 bits per heavy atom. The van der Waals surface area contributed by atoms with Crippen LogP contribution in [0.1, 0.15) is 41.4 Å². The first kappa shape index (κ1) is 20.8. The van der Waals surface area contributed by atoms with Crippen molar-refractivity contribution in [2.75, 3.05) is 18.4 Å². The zero-order valence-electron chi connectivity index (χ0n) is 18.2. The molecule has 0 saturated carbocycles. The van der Waals surface area contributed by atoms with Crippen molar-refractivity contribution in [3.05, 3.63) is 59.7 Å². The maximum Gasteiger partial charge on any atom is 0.257 e. The summed E-state index contributed by atoms with van der Waals surface area (Å²) in [5, 5.41) is 11.6. The van der Waals surface area contributed by atoms with Gasteiger partial charge < -0.3 is 10.2 Å². The highest BCUT2D eigenvalue weighted by atomic mass is 16.2. The van der Waals surface area contributed by atoms with Gasteiger partial charge in [0.05, 0.1) is 35.0 Å². The maximum absolute atomic E-state index is 13.1. The lowest BCUT2D eigenvalue weighted by atomic mass is 9.95. The summed E-state index contributed by atoms with van der Waals surface area (Å²) in [4.78, 5) is 27.5. The van der Waals surface area contributed by atoms with Crippen LogP contribution in [0.25, 0.3) is 5.69 Å². The van der Waals surface area contributed by atoms with Gasteiger partial charge >= 0.3 is 0 Å². The number of rotatable bonds is 5. The Labute approximate surface area is 181 Å². The first-order valence-corrected chi connectivity index (χ1v) is 10.7. The fourth-order valence-corrected chi connectivity index (χ4v) is 4.02. The first-order valence-electron chi connectivity index (χ1n) is 10.7. The van der Waals surface area contributed by atoms with Gasteiger partial charge in [0.1, 0.15) is 0 Å². The molecule has 1 aliphatic rings. The highest BCUT2D eigenvalue weighted by Crippen LogP contribution is 2.23. The van der Waals surface area contributed by atoms with Crippen molar-refractivity contribution in [2.45, 2.75) is 40.2 Å². The third kappa shape index (κ3) is 4.23. The van der Waals surface area contributed by atoms with Crippen LogP contribution in [-0.4, -0.2) is 49.4 Å². The zero-order valence-corrected chi connectivity index (χ0v) is 18.2. The Balaban J connectivity index is 1.38. The van der Waals surface area contributed by atoms with Crippen molar-refractivity contribution in [1.82, 2.24) is 24.5 Å². The Kier molecular flexibility index (Phi) is 5.88. The van der Waals surface area contributed by atoms with Crippen molar-refractivity contribution in [3.8, 4) is 5.69 Å². The maximum atomic E-state index is 13.1. The molecular formula is C23H28N6O2. The number of carbonyl (C=O) groups is 2. The SMILES string of the molecule is CCn1cc(NC(=O)C2CCN(C(=O)c3cnn(-c4ccccc4C)c3C)CC2)cn1. The molecule has 0 spiro atoms. The van der Waals surface area contributed by atoms with E-state index in [1.807, 2.05) is 60.8 Å². The predicted molar refractivity (Wildman–Crippen MR) is 118 cm³/mol. The molecule has 1 aromatic carbocycles. The van der Waals surface area contributed by atoms with Gasteiger partial charge in [0.2, 0.25) is 5.91 Å². The molecule has 0 radical (unpaired) electrons. The number of benzene rings is 1. The average molecular weight is 421 g/mol. The van der Waals surface area contributed by atoms with Crippen LogP contribution in [0.4, 0.5) is 5.69 Å². The smallest absolute Gasteiger partial charge is 0.257 e. The highest BCUT2D eigenvalue weighted by molar-refractivity contribution is 5.96. The van der Waals surface area contributed by atoms with E-state index in [2.05, 4.69) is 15.5 Å². The van der Waals surface area contributed by atoms with Crippen molar-refractivity contribution < 1.29 is 9.59 Å². The van der Waals surface area contributed by atoms with Gasteiger partial charge in [0.25, 0.3) is 5.91 Å². The lowest BCUT2D eigenvalue weighted by molar-refractivity contribution is -0.121. The van der Waals surface area contributed by atoms with Gasteiger partial charge in [0.15, 0.2) is 0 Å². The van der Waals surface area contributed by atoms with Crippen LogP contribution in [0, 0.1) is 19.8 Å². The number of hydrogen-bond acceptors (Lipinski definition) is 4. The Morgan fingerprint density at radius 2 is 1.84 bits per heavy atom. The molecule has 1 aliphatic heterocycles. The molecule has 8 heteroatoms. The largest absolute Gasteiger partial charge is 0.338 e. The standard InChI is InChI=1S/C23H28N6O2/c1-4-28-15-19(13-24-28)26-22(30)18-9-11-27(12-10-18)23(31)20-14-25-29(17(20)3)21-8-6-5-7-16(21)2/h5-8,13-15,18H,4,9-12H2,1-3H3,(H,26,30). The van der Waals surface area contributed by atoms with E-state index in [1.54, 1.807) is 17.1 Å². The zero-order chi connectivity index (χ0) is 22.0. The number of carbonyl (C=O) groups excluding carboxylic acids is 2. The fraction of sp³-hybridized carbons (Fsp3) is 0.391. The van der Waals surface area contributed by atoms with E-state index in [4.69, 9.17) is 0 Å². The Bertz CT molecular complexity index is 1090. The second-order valence-corrected chi connectivity index (χ2v) is 7.98. The summed E-state index contributed by atoms with van der Waals surface area (Å²) in [6.07, 6.45) is 6.42. The molecule has 162 valence electrons. The minimum atomic E-state index is -0.107. The van der Waals surface area contributed by atoms with Crippen LogP contribution >= 0.6 is 0 Å². The molecule has 1 saturated heterocycles. The predicted octanol–water partition coefficient (Wildman–Crippen LogP) is 3.20. The van der Waals surface area contributed by atoms with Gasteiger partial charge in [-0.15, -0.1) is 0 Å². The number of anilines is 1. The van der Waals surface area contributed by atoms with Gasteiger partial charge in [-0.1, -0.05) is 18.2 Å². The van der Waals surface area contributed by atoms with Crippen LogP contribution in [-0.2, 0) is 11.3 Å². The van der Waals surface area contributed by atoms with Gasteiger partial charge in [0, 0.05) is 31.7 Å². The molecule has 0 aliphatic carbocycles. The minimum absolute atomic E-state index is 0.00805. The molecule has 0 atom stereocenters. The molecule has 4 rings (SSSR count). The van der Waals surface area contributed by atoms with Crippen molar-refractivity contribution in [1.29, 1.82) is 0 Å². The molecule has 31 heavy (non-hydrogen) atoms. The molecule has 1 N–H and O–H groups in total. The molecule has 3 heterocycles. The van der Waals surface area contributed by atoms with Crippen LogP contribution in [0.5, 0.6) is 0 Å². The molecule has 1 fully saturated rings. The molecule has 2 amide bonds. The van der Waals surface area contributed by atoms with E-state index in [9.17, 15) is 9.59 Å². The molecule has 3 aromatic rings. The number of amides is 2. The van der Waals surface area contributed by atoms with E-state index in [0.717, 1.165) is 23.5 Å². The van der Waals surface area contributed by atoms with Crippen LogP contribution in [0.2, 0.25) is 0 Å².